The number of alkyl halides is 1. The smallest absolute Gasteiger partial charge is 0.308 e. The van der Waals surface area contributed by atoms with Gasteiger partial charge in [0.2, 0.25) is 5.91 Å². The summed E-state index contributed by atoms with van der Waals surface area (Å²) in [5, 5.41) is 19.4. The molecule has 3 heterocycles. The Morgan fingerprint density at radius 3 is 2.62 bits per heavy atom. The van der Waals surface area contributed by atoms with Crippen molar-refractivity contribution in [3.05, 3.63) is 41.9 Å². The number of carboxylic acid groups (broad SMARTS) is 1. The van der Waals surface area contributed by atoms with Gasteiger partial charge in [-0.1, -0.05) is 33.6 Å². The van der Waals surface area contributed by atoms with Gasteiger partial charge < -0.3 is 20.0 Å². The van der Waals surface area contributed by atoms with E-state index in [0.717, 1.165) is 0 Å². The lowest BCUT2D eigenvalue weighted by atomic mass is 9.71. The monoisotopic (exact) mass is 570 g/mol. The number of aliphatic hydroxyl groups is 1. The van der Waals surface area contributed by atoms with E-state index in [1.54, 1.807) is 40.1 Å². The number of halogens is 2. The van der Waals surface area contributed by atoms with E-state index < -0.39 is 28.6 Å². The van der Waals surface area contributed by atoms with Gasteiger partial charge in [0.05, 0.1) is 16.6 Å². The number of aliphatic hydroxyl groups excluding tert-OH is 1. The van der Waals surface area contributed by atoms with Crippen molar-refractivity contribution in [2.24, 2.45) is 11.8 Å². The third-order valence-corrected chi connectivity index (χ3v) is 10.6. The van der Waals surface area contributed by atoms with E-state index >= 15 is 0 Å². The van der Waals surface area contributed by atoms with Gasteiger partial charge in [-0.25, -0.2) is 0 Å². The van der Waals surface area contributed by atoms with Crippen LogP contribution in [0.3, 0.4) is 0 Å². The fourth-order valence-corrected chi connectivity index (χ4v) is 9.45. The Labute approximate surface area is 216 Å². The Hall–Kier alpha value is -1.55. The highest BCUT2D eigenvalue weighted by Crippen LogP contribution is 2.67. The number of anilines is 1. The molecule has 0 aromatic heterocycles. The van der Waals surface area contributed by atoms with Crippen molar-refractivity contribution in [2.75, 3.05) is 24.6 Å². The Morgan fingerprint density at radius 1 is 1.29 bits per heavy atom. The molecule has 3 aliphatic heterocycles. The zero-order chi connectivity index (χ0) is 24.6. The summed E-state index contributed by atoms with van der Waals surface area (Å²) in [5.41, 5.74) is 0.643. The highest BCUT2D eigenvalue weighted by Gasteiger charge is 2.76. The number of thioether (sulfide) groups is 1. The molecular formula is C24H28BrClN2O5S. The lowest BCUT2D eigenvalue weighted by Crippen LogP contribution is -2.55. The number of likely N-dealkylation sites (tertiary alicyclic amines) is 1. The van der Waals surface area contributed by atoms with E-state index in [-0.39, 0.29) is 35.0 Å². The molecule has 3 fully saturated rings. The van der Waals surface area contributed by atoms with Crippen molar-refractivity contribution >= 4 is 62.8 Å². The second kappa shape index (κ2) is 10.2. The second-order valence-corrected chi connectivity index (χ2v) is 12.2. The van der Waals surface area contributed by atoms with E-state index in [1.165, 1.54) is 11.8 Å². The number of fused-ring (bicyclic) bond motifs is 1. The van der Waals surface area contributed by atoms with Crippen LogP contribution in [0.5, 0.6) is 0 Å². The number of aliphatic carboxylic acids is 1. The van der Waals surface area contributed by atoms with Crippen LogP contribution in [0, 0.1) is 11.8 Å². The molecule has 4 rings (SSSR count). The number of unbranched alkanes of at least 4 members (excludes halogenated alkanes) is 2. The summed E-state index contributed by atoms with van der Waals surface area (Å²) in [6.07, 6.45) is 4.14. The second-order valence-electron chi connectivity index (χ2n) is 9.03. The van der Waals surface area contributed by atoms with Gasteiger partial charge in [0.25, 0.3) is 5.91 Å². The molecule has 0 radical (unpaired) electrons. The van der Waals surface area contributed by atoms with Gasteiger partial charge in [-0.3, -0.25) is 14.4 Å². The van der Waals surface area contributed by atoms with Crippen molar-refractivity contribution in [2.45, 2.75) is 46.5 Å². The summed E-state index contributed by atoms with van der Waals surface area (Å²) in [6.45, 7) is 4.46. The van der Waals surface area contributed by atoms with Crippen LogP contribution in [0.25, 0.3) is 0 Å². The molecule has 3 aliphatic rings. The molecule has 2 bridgehead atoms. The van der Waals surface area contributed by atoms with Crippen LogP contribution in [0.15, 0.2) is 36.9 Å². The molecule has 2 N–H and O–H groups in total. The number of nitrogens with zero attached hydrogens (tertiary/aromatic N) is 2. The molecule has 1 aromatic rings. The topological polar surface area (TPSA) is 98.2 Å². The summed E-state index contributed by atoms with van der Waals surface area (Å²) >= 11 is 11.2. The molecule has 1 spiro atoms. The number of benzene rings is 1. The molecule has 6 atom stereocenters. The van der Waals surface area contributed by atoms with Crippen LogP contribution in [-0.2, 0) is 14.4 Å². The van der Waals surface area contributed by atoms with Crippen LogP contribution in [0.1, 0.15) is 25.7 Å². The zero-order valence-corrected chi connectivity index (χ0v) is 21.8. The maximum Gasteiger partial charge on any atom is 0.308 e. The summed E-state index contributed by atoms with van der Waals surface area (Å²) in [4.78, 5) is 43.3. The van der Waals surface area contributed by atoms with Gasteiger partial charge in [0.15, 0.2) is 0 Å². The summed E-state index contributed by atoms with van der Waals surface area (Å²) in [7, 11) is 0. The van der Waals surface area contributed by atoms with Crippen LogP contribution in [0.2, 0.25) is 5.02 Å². The fraction of sp³-hybridized carbons (Fsp3) is 0.542. The van der Waals surface area contributed by atoms with Crippen LogP contribution in [0.4, 0.5) is 5.69 Å². The standard InChI is InChI=1S/C24H28BrClN2O5S/c1-2-10-27(15-8-6-14(26)7-9-15)22(31)20-24-13-16(25)19(34-24)17(23(32)33)18(24)21(30)28(20)11-4-3-5-12-29/h2,6-9,16-20,29H,1,3-5,10-13H2,(H,32,33)/t16?,17-,18+,19-,20?,24?/m1/s1. The van der Waals surface area contributed by atoms with Gasteiger partial charge in [0, 0.05) is 40.5 Å². The summed E-state index contributed by atoms with van der Waals surface area (Å²) < 4.78 is -0.807. The molecule has 10 heteroatoms. The first-order chi connectivity index (χ1) is 16.3. The van der Waals surface area contributed by atoms with E-state index in [9.17, 15) is 19.5 Å². The fourth-order valence-electron chi connectivity index (χ4n) is 5.72. The minimum atomic E-state index is -0.990. The lowest BCUT2D eigenvalue weighted by Gasteiger charge is -2.37. The average Bonchev–Trinajstić information content (AvgIpc) is 3.39. The lowest BCUT2D eigenvalue weighted by molar-refractivity contribution is -0.148. The number of carboxylic acids is 1. The third kappa shape index (κ3) is 4.18. The maximum atomic E-state index is 14.2. The molecule has 0 saturated carbocycles. The summed E-state index contributed by atoms with van der Waals surface area (Å²) in [5.74, 6) is -3.05. The molecule has 0 aliphatic carbocycles. The van der Waals surface area contributed by atoms with Crippen molar-refractivity contribution in [1.82, 2.24) is 4.90 Å². The number of hydrogen-bond acceptors (Lipinski definition) is 5. The minimum absolute atomic E-state index is 0.0659. The number of amides is 2. The highest BCUT2D eigenvalue weighted by molar-refractivity contribution is 9.09. The van der Waals surface area contributed by atoms with Gasteiger partial charge in [-0.15, -0.1) is 18.3 Å². The number of rotatable bonds is 10. The molecule has 34 heavy (non-hydrogen) atoms. The average molecular weight is 572 g/mol. The first-order valence-electron chi connectivity index (χ1n) is 11.4. The van der Waals surface area contributed by atoms with E-state index in [0.29, 0.717) is 42.9 Å². The number of hydrogen-bond donors (Lipinski definition) is 2. The minimum Gasteiger partial charge on any atom is -0.481 e. The molecule has 3 saturated heterocycles. The Bertz CT molecular complexity index is 979. The highest BCUT2D eigenvalue weighted by atomic mass is 79.9. The maximum absolute atomic E-state index is 14.2. The van der Waals surface area contributed by atoms with Crippen LogP contribution < -0.4 is 4.90 Å². The first kappa shape index (κ1) is 25.5. The predicted octanol–water partition coefficient (Wildman–Crippen LogP) is 3.57. The Kier molecular flexibility index (Phi) is 7.67. The van der Waals surface area contributed by atoms with Gasteiger partial charge in [0.1, 0.15) is 6.04 Å². The zero-order valence-electron chi connectivity index (χ0n) is 18.6. The van der Waals surface area contributed by atoms with E-state index in [2.05, 4.69) is 22.5 Å². The Balaban J connectivity index is 1.74. The predicted molar refractivity (Wildman–Crippen MR) is 136 cm³/mol. The molecule has 1 aromatic carbocycles. The SMILES string of the molecule is C=CCN(C(=O)C1N(CCCCCO)C(=O)[C@@H]2[C@@H](C(=O)O)[C@@H]3SC12CC3Br)c1ccc(Cl)cc1. The quantitative estimate of drug-likeness (QED) is 0.253. The van der Waals surface area contributed by atoms with Crippen molar-refractivity contribution in [3.8, 4) is 0 Å². The molecular weight excluding hydrogens is 544 g/mol. The van der Waals surface area contributed by atoms with E-state index in [1.807, 2.05) is 0 Å². The van der Waals surface area contributed by atoms with Crippen molar-refractivity contribution < 1.29 is 24.6 Å². The Morgan fingerprint density at radius 2 is 2.00 bits per heavy atom. The van der Waals surface area contributed by atoms with Gasteiger partial charge in [-0.2, -0.15) is 0 Å². The van der Waals surface area contributed by atoms with Crippen LogP contribution >= 0.6 is 39.3 Å². The van der Waals surface area contributed by atoms with Crippen molar-refractivity contribution in [1.29, 1.82) is 0 Å². The third-order valence-electron chi connectivity index (χ3n) is 7.08. The number of carbonyl (C=O) groups excluding carboxylic acids is 2. The van der Waals surface area contributed by atoms with Gasteiger partial charge >= 0.3 is 5.97 Å². The largest absolute Gasteiger partial charge is 0.481 e. The normalized spacial score (nSPS) is 31.6. The molecule has 2 amide bonds. The molecule has 3 unspecified atom stereocenters. The van der Waals surface area contributed by atoms with E-state index in [4.69, 9.17) is 16.7 Å². The molecule has 184 valence electrons. The molecule has 7 nitrogen and oxygen atoms in total. The van der Waals surface area contributed by atoms with Gasteiger partial charge in [-0.05, 0) is 49.9 Å². The van der Waals surface area contributed by atoms with Crippen LogP contribution in [-0.4, -0.2) is 73.5 Å². The summed E-state index contributed by atoms with van der Waals surface area (Å²) in [6, 6.07) is 6.15. The van der Waals surface area contributed by atoms with Crippen molar-refractivity contribution in [3.63, 3.8) is 0 Å². The number of carbonyl (C=O) groups is 3. The first-order valence-corrected chi connectivity index (χ1v) is 13.6.